The number of unbranched alkanes of at least 4 members (excludes halogenated alkanes) is 2. The first-order valence-corrected chi connectivity index (χ1v) is 5.59. The van der Waals surface area contributed by atoms with Gasteiger partial charge in [-0.3, -0.25) is 0 Å². The van der Waals surface area contributed by atoms with Gasteiger partial charge in [-0.05, 0) is 18.4 Å². The summed E-state index contributed by atoms with van der Waals surface area (Å²) in [6.45, 7) is 0. The molecule has 0 N–H and O–H groups in total. The van der Waals surface area contributed by atoms with Crippen molar-refractivity contribution in [2.75, 3.05) is 5.33 Å². The molecule has 64 valence electrons. The standard InChI is InChI=1S/C6H11Br2N3/c7-5-3-1-2-4-6(8)10-11-9/h6H,1-5H2. The van der Waals surface area contributed by atoms with Gasteiger partial charge in [0.1, 0.15) is 0 Å². The van der Waals surface area contributed by atoms with E-state index < -0.39 is 0 Å². The van der Waals surface area contributed by atoms with Crippen molar-refractivity contribution in [2.24, 2.45) is 5.11 Å². The summed E-state index contributed by atoms with van der Waals surface area (Å²) in [6.07, 6.45) is 4.42. The molecule has 0 saturated carbocycles. The van der Waals surface area contributed by atoms with Crippen molar-refractivity contribution < 1.29 is 0 Å². The zero-order valence-electron chi connectivity index (χ0n) is 6.21. The number of azide groups is 1. The Balaban J connectivity index is 3.17. The number of nitrogens with zero attached hydrogens (tertiary/aromatic N) is 3. The smallest absolute Gasteiger partial charge is 0.0928 e. The Bertz CT molecular complexity index is 134. The fourth-order valence-corrected chi connectivity index (χ4v) is 1.50. The average molecular weight is 285 g/mol. The lowest BCUT2D eigenvalue weighted by Crippen LogP contribution is -1.90. The van der Waals surface area contributed by atoms with Crippen molar-refractivity contribution in [1.29, 1.82) is 0 Å². The van der Waals surface area contributed by atoms with E-state index in [1.165, 1.54) is 12.8 Å². The molecule has 0 aliphatic heterocycles. The summed E-state index contributed by atoms with van der Waals surface area (Å²) in [6, 6.07) is 0. The third kappa shape index (κ3) is 8.17. The molecule has 0 heterocycles. The predicted molar refractivity (Wildman–Crippen MR) is 54.1 cm³/mol. The van der Waals surface area contributed by atoms with Crippen molar-refractivity contribution in [3.63, 3.8) is 0 Å². The Kier molecular flexibility index (Phi) is 8.57. The molecule has 0 spiro atoms. The van der Waals surface area contributed by atoms with Crippen LogP contribution in [-0.4, -0.2) is 10.3 Å². The fourth-order valence-electron chi connectivity index (χ4n) is 0.698. The average Bonchev–Trinajstić information content (AvgIpc) is 1.99. The van der Waals surface area contributed by atoms with Crippen molar-refractivity contribution in [3.8, 4) is 0 Å². The third-order valence-corrected chi connectivity index (χ3v) is 2.45. The molecule has 0 aliphatic carbocycles. The van der Waals surface area contributed by atoms with Gasteiger partial charge in [-0.1, -0.05) is 49.8 Å². The van der Waals surface area contributed by atoms with Crippen molar-refractivity contribution in [2.45, 2.75) is 30.6 Å². The van der Waals surface area contributed by atoms with Crippen LogP contribution in [-0.2, 0) is 0 Å². The van der Waals surface area contributed by atoms with Crippen LogP contribution in [0.25, 0.3) is 10.4 Å². The van der Waals surface area contributed by atoms with Gasteiger partial charge in [-0.15, -0.1) is 0 Å². The summed E-state index contributed by atoms with van der Waals surface area (Å²) in [5.41, 5.74) is 8.06. The van der Waals surface area contributed by atoms with Gasteiger partial charge in [0.05, 0.1) is 4.95 Å². The second-order valence-electron chi connectivity index (χ2n) is 2.18. The predicted octanol–water partition coefficient (Wildman–Crippen LogP) is 3.97. The lowest BCUT2D eigenvalue weighted by molar-refractivity contribution is 0.662. The molecular weight excluding hydrogens is 274 g/mol. The Hall–Kier alpha value is 0.270. The molecule has 1 unspecified atom stereocenters. The maximum absolute atomic E-state index is 8.06. The Morgan fingerprint density at radius 2 is 2.09 bits per heavy atom. The zero-order valence-corrected chi connectivity index (χ0v) is 9.38. The second-order valence-corrected chi connectivity index (χ2v) is 4.03. The van der Waals surface area contributed by atoms with E-state index in [-0.39, 0.29) is 4.95 Å². The minimum Gasteiger partial charge on any atom is -0.0928 e. The molecule has 0 rings (SSSR count). The monoisotopic (exact) mass is 283 g/mol. The second kappa shape index (κ2) is 8.37. The molecule has 11 heavy (non-hydrogen) atoms. The van der Waals surface area contributed by atoms with Crippen LogP contribution in [0.1, 0.15) is 25.7 Å². The van der Waals surface area contributed by atoms with Crippen LogP contribution in [0.15, 0.2) is 5.11 Å². The quantitative estimate of drug-likeness (QED) is 0.177. The normalized spacial score (nSPS) is 12.2. The molecule has 0 bridgehead atoms. The molecule has 0 amide bonds. The van der Waals surface area contributed by atoms with Crippen LogP contribution in [0.5, 0.6) is 0 Å². The highest BCUT2D eigenvalue weighted by molar-refractivity contribution is 9.09. The zero-order chi connectivity index (χ0) is 8.53. The van der Waals surface area contributed by atoms with Gasteiger partial charge in [0.15, 0.2) is 0 Å². The molecule has 3 nitrogen and oxygen atoms in total. The SMILES string of the molecule is [N-]=[N+]=NC(Br)CCCCCBr. The van der Waals surface area contributed by atoms with E-state index in [0.29, 0.717) is 0 Å². The van der Waals surface area contributed by atoms with Crippen LogP contribution < -0.4 is 0 Å². The number of halogens is 2. The molecule has 1 atom stereocenters. The Labute approximate surface area is 83.4 Å². The van der Waals surface area contributed by atoms with E-state index in [4.69, 9.17) is 5.53 Å². The molecule has 0 aliphatic rings. The fraction of sp³-hybridized carbons (Fsp3) is 1.00. The van der Waals surface area contributed by atoms with Crippen LogP contribution in [0, 0.1) is 0 Å². The van der Waals surface area contributed by atoms with Gasteiger partial charge >= 0.3 is 0 Å². The maximum atomic E-state index is 8.06. The van der Waals surface area contributed by atoms with E-state index in [1.54, 1.807) is 0 Å². The van der Waals surface area contributed by atoms with Crippen LogP contribution in [0.4, 0.5) is 0 Å². The van der Waals surface area contributed by atoms with Gasteiger partial charge in [0, 0.05) is 10.2 Å². The molecule has 0 aromatic carbocycles. The van der Waals surface area contributed by atoms with Crippen molar-refractivity contribution >= 4 is 31.9 Å². The van der Waals surface area contributed by atoms with Crippen molar-refractivity contribution in [1.82, 2.24) is 0 Å². The molecule has 0 aromatic rings. The lowest BCUT2D eigenvalue weighted by atomic mass is 10.2. The summed E-state index contributed by atoms with van der Waals surface area (Å²) in [5, 5.41) is 4.56. The highest BCUT2D eigenvalue weighted by atomic mass is 79.9. The van der Waals surface area contributed by atoms with Gasteiger partial charge in [-0.2, -0.15) is 0 Å². The topological polar surface area (TPSA) is 48.8 Å². The lowest BCUT2D eigenvalue weighted by Gasteiger charge is -2.00. The van der Waals surface area contributed by atoms with Gasteiger partial charge in [0.2, 0.25) is 0 Å². The number of hydrogen-bond acceptors (Lipinski definition) is 1. The first kappa shape index (κ1) is 11.3. The largest absolute Gasteiger partial charge is 0.0931 e. The van der Waals surface area contributed by atoms with Crippen LogP contribution >= 0.6 is 31.9 Å². The maximum Gasteiger partial charge on any atom is 0.0931 e. The Morgan fingerprint density at radius 3 is 2.64 bits per heavy atom. The molecular formula is C6H11Br2N3. The molecule has 0 radical (unpaired) electrons. The van der Waals surface area contributed by atoms with E-state index in [9.17, 15) is 0 Å². The minimum absolute atomic E-state index is 0.0252. The number of hydrogen-bond donors (Lipinski definition) is 0. The van der Waals surface area contributed by atoms with Crippen LogP contribution in [0.3, 0.4) is 0 Å². The van der Waals surface area contributed by atoms with Gasteiger partial charge in [-0.25, -0.2) is 0 Å². The van der Waals surface area contributed by atoms with E-state index in [0.717, 1.165) is 18.2 Å². The molecule has 0 saturated heterocycles. The summed E-state index contributed by atoms with van der Waals surface area (Å²) in [5.74, 6) is 0. The van der Waals surface area contributed by atoms with Gasteiger partial charge < -0.3 is 0 Å². The minimum atomic E-state index is -0.0252. The summed E-state index contributed by atoms with van der Waals surface area (Å²) in [7, 11) is 0. The summed E-state index contributed by atoms with van der Waals surface area (Å²) < 4.78 is 0. The van der Waals surface area contributed by atoms with E-state index in [1.807, 2.05) is 0 Å². The first-order chi connectivity index (χ1) is 5.31. The number of rotatable bonds is 6. The highest BCUT2D eigenvalue weighted by Gasteiger charge is 1.98. The summed E-state index contributed by atoms with van der Waals surface area (Å²) >= 11 is 6.61. The van der Waals surface area contributed by atoms with E-state index in [2.05, 4.69) is 41.9 Å². The molecule has 5 heteroatoms. The molecule has 0 fully saturated rings. The third-order valence-electron chi connectivity index (χ3n) is 1.25. The van der Waals surface area contributed by atoms with Crippen molar-refractivity contribution in [3.05, 3.63) is 10.4 Å². The highest BCUT2D eigenvalue weighted by Crippen LogP contribution is 2.12. The Morgan fingerprint density at radius 1 is 1.36 bits per heavy atom. The van der Waals surface area contributed by atoms with Crippen LogP contribution in [0.2, 0.25) is 0 Å². The summed E-state index contributed by atoms with van der Waals surface area (Å²) in [4.78, 5) is 2.68. The van der Waals surface area contributed by atoms with E-state index >= 15 is 0 Å². The molecule has 0 aromatic heterocycles. The van der Waals surface area contributed by atoms with Gasteiger partial charge in [0.25, 0.3) is 0 Å². The number of alkyl halides is 2. The first-order valence-electron chi connectivity index (χ1n) is 3.55.